The van der Waals surface area contributed by atoms with Gasteiger partial charge in [-0.1, -0.05) is 0 Å². The molecule has 1 amide bonds. The molecule has 3 rings (SSSR count). The van der Waals surface area contributed by atoms with Crippen molar-refractivity contribution in [3.8, 4) is 23.5 Å². The number of hydrogen-bond donors (Lipinski definition) is 0. The van der Waals surface area contributed by atoms with E-state index in [2.05, 4.69) is 16.2 Å². The van der Waals surface area contributed by atoms with Crippen LogP contribution < -0.4 is 4.90 Å². The van der Waals surface area contributed by atoms with E-state index in [0.717, 1.165) is 12.0 Å². The fourth-order valence-corrected chi connectivity index (χ4v) is 3.46. The number of carbonyl (C=O) groups is 1. The van der Waals surface area contributed by atoms with Gasteiger partial charge >= 0.3 is 0 Å². The summed E-state index contributed by atoms with van der Waals surface area (Å²) in [5, 5.41) is 20.4. The lowest BCUT2D eigenvalue weighted by atomic mass is 10.2. The number of anilines is 1. The second-order valence-corrected chi connectivity index (χ2v) is 6.27. The van der Waals surface area contributed by atoms with Gasteiger partial charge in [-0.15, -0.1) is 11.3 Å². The molecule has 0 aliphatic carbocycles. The molecule has 1 atom stereocenters. The molecule has 0 radical (unpaired) electrons. The molecule has 0 bridgehead atoms. The minimum atomic E-state index is -0.407. The first-order valence-electron chi connectivity index (χ1n) is 7.39. The van der Waals surface area contributed by atoms with Crippen LogP contribution in [0.5, 0.6) is 0 Å². The number of hydrogen-bond acceptors (Lipinski definition) is 7. The molecule has 1 fully saturated rings. The largest absolute Gasteiger partial charge is 0.298 e. The Labute approximate surface area is 143 Å². The fraction of sp³-hybridized carbons (Fsp3) is 0.312. The van der Waals surface area contributed by atoms with Gasteiger partial charge in [0.1, 0.15) is 12.1 Å². The third-order valence-electron chi connectivity index (χ3n) is 3.94. The van der Waals surface area contributed by atoms with E-state index in [9.17, 15) is 4.79 Å². The fourth-order valence-electron chi connectivity index (χ4n) is 2.65. The molecule has 1 saturated heterocycles. The molecule has 2 aromatic heterocycles. The molecule has 0 aromatic carbocycles. The van der Waals surface area contributed by atoms with Crippen molar-refractivity contribution in [1.29, 1.82) is 10.5 Å². The molecular weight excluding hydrogens is 324 g/mol. The maximum Gasteiger partial charge on any atom is 0.251 e. The molecule has 0 saturated carbocycles. The zero-order valence-corrected chi connectivity index (χ0v) is 13.8. The van der Waals surface area contributed by atoms with Crippen molar-refractivity contribution in [2.24, 2.45) is 0 Å². The molecule has 1 aliphatic heterocycles. The Morgan fingerprint density at radius 3 is 3.04 bits per heavy atom. The van der Waals surface area contributed by atoms with Crippen molar-refractivity contribution >= 4 is 22.4 Å². The van der Waals surface area contributed by atoms with E-state index in [4.69, 9.17) is 10.5 Å². The van der Waals surface area contributed by atoms with Crippen molar-refractivity contribution in [3.63, 3.8) is 0 Å². The first kappa shape index (κ1) is 15.9. The van der Waals surface area contributed by atoms with E-state index < -0.39 is 6.04 Å². The number of nitrogens with zero attached hydrogens (tertiary/aromatic N) is 6. The minimum Gasteiger partial charge on any atom is -0.298 e. The van der Waals surface area contributed by atoms with E-state index in [1.165, 1.54) is 27.3 Å². The number of likely N-dealkylation sites (tertiary alicyclic amines) is 1. The molecule has 0 N–H and O–H groups in total. The Bertz CT molecular complexity index is 849. The molecule has 8 heteroatoms. The SMILES string of the molecule is CN(C(=O)C1CCCN1C#N)c1nc(-c2cncc(C#N)c2)cs1. The normalized spacial score (nSPS) is 16.5. The van der Waals surface area contributed by atoms with Crippen LogP contribution in [0.3, 0.4) is 0 Å². The summed E-state index contributed by atoms with van der Waals surface area (Å²) in [6, 6.07) is 3.35. The van der Waals surface area contributed by atoms with Crippen LogP contribution in [0.25, 0.3) is 11.3 Å². The third kappa shape index (κ3) is 2.92. The van der Waals surface area contributed by atoms with Gasteiger partial charge in [0.15, 0.2) is 11.3 Å². The highest BCUT2D eigenvalue weighted by Gasteiger charge is 2.33. The highest BCUT2D eigenvalue weighted by molar-refractivity contribution is 7.14. The Morgan fingerprint density at radius 1 is 1.46 bits per heavy atom. The van der Waals surface area contributed by atoms with Gasteiger partial charge < -0.3 is 0 Å². The molecular formula is C16H14N6OS. The maximum absolute atomic E-state index is 12.6. The van der Waals surface area contributed by atoms with Gasteiger partial charge in [-0.3, -0.25) is 19.6 Å². The minimum absolute atomic E-state index is 0.126. The van der Waals surface area contributed by atoms with Gasteiger partial charge in [-0.25, -0.2) is 4.98 Å². The summed E-state index contributed by atoms with van der Waals surface area (Å²) >= 11 is 1.34. The summed E-state index contributed by atoms with van der Waals surface area (Å²) in [4.78, 5) is 24.1. The molecule has 0 spiro atoms. The van der Waals surface area contributed by atoms with Gasteiger partial charge in [0, 0.05) is 36.9 Å². The van der Waals surface area contributed by atoms with Crippen molar-refractivity contribution in [1.82, 2.24) is 14.9 Å². The zero-order valence-electron chi connectivity index (χ0n) is 13.0. The average Bonchev–Trinajstić information content (AvgIpc) is 3.29. The van der Waals surface area contributed by atoms with Gasteiger partial charge in [0.25, 0.3) is 5.91 Å². The van der Waals surface area contributed by atoms with Crippen LogP contribution in [-0.2, 0) is 4.79 Å². The number of likely N-dealkylation sites (N-methyl/N-ethyl adjacent to an activating group) is 1. The Morgan fingerprint density at radius 2 is 2.29 bits per heavy atom. The van der Waals surface area contributed by atoms with Crippen LogP contribution in [0.1, 0.15) is 18.4 Å². The van der Waals surface area contributed by atoms with Crippen molar-refractivity contribution in [3.05, 3.63) is 29.4 Å². The molecule has 2 aromatic rings. The summed E-state index contributed by atoms with van der Waals surface area (Å²) < 4.78 is 0. The average molecular weight is 338 g/mol. The van der Waals surface area contributed by atoms with E-state index in [-0.39, 0.29) is 5.91 Å². The number of aromatic nitrogens is 2. The summed E-state index contributed by atoms with van der Waals surface area (Å²) in [6.45, 7) is 0.622. The number of rotatable bonds is 3. The zero-order chi connectivity index (χ0) is 17.1. The smallest absolute Gasteiger partial charge is 0.251 e. The van der Waals surface area contributed by atoms with Crippen molar-refractivity contribution in [2.75, 3.05) is 18.5 Å². The van der Waals surface area contributed by atoms with Gasteiger partial charge in [0.05, 0.1) is 11.3 Å². The third-order valence-corrected chi connectivity index (χ3v) is 4.86. The Hall–Kier alpha value is -2.97. The topological polar surface area (TPSA) is 96.9 Å². The Kier molecular flexibility index (Phi) is 4.41. The lowest BCUT2D eigenvalue weighted by molar-refractivity contribution is -0.121. The van der Waals surface area contributed by atoms with Crippen LogP contribution in [0.2, 0.25) is 0 Å². The first-order chi connectivity index (χ1) is 11.6. The lowest BCUT2D eigenvalue weighted by Gasteiger charge is -2.22. The molecule has 120 valence electrons. The number of pyridine rings is 1. The van der Waals surface area contributed by atoms with Crippen LogP contribution in [-0.4, -0.2) is 40.4 Å². The number of nitriles is 2. The standard InChI is InChI=1S/C16H14N6OS/c1-21(15(23)14-3-2-4-22(14)10-18)16-20-13(9-24-16)12-5-11(6-17)7-19-8-12/h5,7-9,14H,2-4H2,1H3. The Balaban J connectivity index is 1.81. The number of thiazole rings is 1. The van der Waals surface area contributed by atoms with Crippen LogP contribution in [0, 0.1) is 22.8 Å². The van der Waals surface area contributed by atoms with E-state index in [0.29, 0.717) is 29.4 Å². The van der Waals surface area contributed by atoms with Crippen LogP contribution in [0.4, 0.5) is 5.13 Å². The summed E-state index contributed by atoms with van der Waals surface area (Å²) in [6.07, 6.45) is 6.72. The van der Waals surface area contributed by atoms with E-state index in [1.807, 2.05) is 11.4 Å². The van der Waals surface area contributed by atoms with Crippen LogP contribution in [0.15, 0.2) is 23.8 Å². The van der Waals surface area contributed by atoms with Crippen LogP contribution >= 0.6 is 11.3 Å². The first-order valence-corrected chi connectivity index (χ1v) is 8.27. The number of amides is 1. The monoisotopic (exact) mass is 338 g/mol. The predicted octanol–water partition coefficient (Wildman–Crippen LogP) is 1.99. The van der Waals surface area contributed by atoms with Gasteiger partial charge in [-0.2, -0.15) is 10.5 Å². The molecule has 1 unspecified atom stereocenters. The van der Waals surface area contributed by atoms with Gasteiger partial charge in [0.2, 0.25) is 0 Å². The van der Waals surface area contributed by atoms with Crippen molar-refractivity contribution in [2.45, 2.75) is 18.9 Å². The molecule has 1 aliphatic rings. The second-order valence-electron chi connectivity index (χ2n) is 5.44. The lowest BCUT2D eigenvalue weighted by Crippen LogP contribution is -2.42. The summed E-state index contributed by atoms with van der Waals surface area (Å²) in [5.41, 5.74) is 1.86. The number of carbonyl (C=O) groups excluding carboxylic acids is 1. The summed E-state index contributed by atoms with van der Waals surface area (Å²) in [7, 11) is 1.67. The van der Waals surface area contributed by atoms with Gasteiger partial charge in [-0.05, 0) is 18.9 Å². The summed E-state index contributed by atoms with van der Waals surface area (Å²) in [5.74, 6) is -0.126. The highest BCUT2D eigenvalue weighted by atomic mass is 32.1. The highest BCUT2D eigenvalue weighted by Crippen LogP contribution is 2.28. The second kappa shape index (κ2) is 6.65. The maximum atomic E-state index is 12.6. The molecule has 7 nitrogen and oxygen atoms in total. The predicted molar refractivity (Wildman–Crippen MR) is 88.8 cm³/mol. The van der Waals surface area contributed by atoms with E-state index in [1.54, 1.807) is 19.3 Å². The quantitative estimate of drug-likeness (QED) is 0.794. The van der Waals surface area contributed by atoms with E-state index >= 15 is 0 Å². The molecule has 3 heterocycles. The molecule has 24 heavy (non-hydrogen) atoms. The van der Waals surface area contributed by atoms with Crippen molar-refractivity contribution < 1.29 is 4.79 Å².